The van der Waals surface area contributed by atoms with Crippen LogP contribution in [0.2, 0.25) is 0 Å². The molecule has 0 aliphatic carbocycles. The minimum Gasteiger partial charge on any atom is -0.379 e. The zero-order valence-corrected chi connectivity index (χ0v) is 13.4. The number of rotatable bonds is 6. The molecular weight excluding hydrogens is 333 g/mol. The minimum atomic E-state index is -4.63. The lowest BCUT2D eigenvalue weighted by molar-refractivity contribution is -0.193. The number of aromatic nitrogens is 2. The highest BCUT2D eigenvalue weighted by Gasteiger charge is 2.63. The van der Waals surface area contributed by atoms with Crippen molar-refractivity contribution < 1.29 is 32.1 Å². The SMILES string of the molecule is CCOCCONC(=O)N1CCC(c2nc(C)no2)(C(F)(F)F)C1. The number of amides is 2. The number of urea groups is 1. The van der Waals surface area contributed by atoms with Crippen molar-refractivity contribution >= 4 is 6.03 Å². The van der Waals surface area contributed by atoms with E-state index < -0.39 is 30.1 Å². The third-order valence-electron chi connectivity index (χ3n) is 3.73. The molecule has 1 aliphatic rings. The Kier molecular flexibility index (Phi) is 5.65. The Balaban J connectivity index is 2.01. The Morgan fingerprint density at radius 3 is 2.79 bits per heavy atom. The quantitative estimate of drug-likeness (QED) is 0.617. The summed E-state index contributed by atoms with van der Waals surface area (Å²) in [6, 6.07) is -0.756. The molecule has 136 valence electrons. The van der Waals surface area contributed by atoms with Crippen LogP contribution in [0.4, 0.5) is 18.0 Å². The van der Waals surface area contributed by atoms with Crippen molar-refractivity contribution in [1.82, 2.24) is 20.5 Å². The highest BCUT2D eigenvalue weighted by Crippen LogP contribution is 2.46. The maximum Gasteiger partial charge on any atom is 0.405 e. The van der Waals surface area contributed by atoms with Crippen molar-refractivity contribution in [1.29, 1.82) is 0 Å². The number of nitrogens with zero attached hydrogens (tertiary/aromatic N) is 3. The predicted octanol–water partition coefficient (Wildman–Crippen LogP) is 1.56. The van der Waals surface area contributed by atoms with Crippen LogP contribution in [0.1, 0.15) is 25.1 Å². The van der Waals surface area contributed by atoms with Crippen LogP contribution in [0.15, 0.2) is 4.52 Å². The maximum absolute atomic E-state index is 13.6. The summed E-state index contributed by atoms with van der Waals surface area (Å²) in [7, 11) is 0. The molecule has 8 nitrogen and oxygen atoms in total. The van der Waals surface area contributed by atoms with Crippen LogP contribution in [0, 0.1) is 6.92 Å². The van der Waals surface area contributed by atoms with Crippen molar-refractivity contribution in [3.05, 3.63) is 11.7 Å². The van der Waals surface area contributed by atoms with Crippen LogP contribution in [-0.4, -0.2) is 60.2 Å². The first kappa shape index (κ1) is 18.5. The van der Waals surface area contributed by atoms with Crippen molar-refractivity contribution in [2.45, 2.75) is 31.9 Å². The molecule has 1 saturated heterocycles. The van der Waals surface area contributed by atoms with Crippen LogP contribution in [0.25, 0.3) is 0 Å². The fourth-order valence-corrected chi connectivity index (χ4v) is 2.42. The molecule has 0 bridgehead atoms. The second-order valence-electron chi connectivity index (χ2n) is 5.35. The largest absolute Gasteiger partial charge is 0.405 e. The summed E-state index contributed by atoms with van der Waals surface area (Å²) in [5.41, 5.74) is -0.262. The Morgan fingerprint density at radius 2 is 2.21 bits per heavy atom. The first-order valence-electron chi connectivity index (χ1n) is 7.42. The van der Waals surface area contributed by atoms with E-state index in [-0.39, 0.29) is 32.0 Å². The molecule has 1 aromatic heterocycles. The fourth-order valence-electron chi connectivity index (χ4n) is 2.42. The van der Waals surface area contributed by atoms with E-state index in [0.717, 1.165) is 4.90 Å². The molecule has 1 unspecified atom stereocenters. The number of hydrogen-bond acceptors (Lipinski definition) is 6. The molecule has 2 heterocycles. The van der Waals surface area contributed by atoms with Gasteiger partial charge in [-0.3, -0.25) is 4.84 Å². The predicted molar refractivity (Wildman–Crippen MR) is 73.9 cm³/mol. The number of hydroxylamine groups is 1. The molecule has 1 fully saturated rings. The van der Waals surface area contributed by atoms with Crippen LogP contribution in [0.5, 0.6) is 0 Å². The summed E-state index contributed by atoms with van der Waals surface area (Å²) < 4.78 is 50.6. The van der Waals surface area contributed by atoms with Crippen LogP contribution >= 0.6 is 0 Å². The van der Waals surface area contributed by atoms with Gasteiger partial charge in [0.2, 0.25) is 5.89 Å². The first-order valence-corrected chi connectivity index (χ1v) is 7.42. The molecular formula is C13H19F3N4O4. The highest BCUT2D eigenvalue weighted by molar-refractivity contribution is 5.73. The average Bonchev–Trinajstić information content (AvgIpc) is 3.13. The second kappa shape index (κ2) is 7.34. The zero-order valence-electron chi connectivity index (χ0n) is 13.4. The topological polar surface area (TPSA) is 89.7 Å². The average molecular weight is 352 g/mol. The van der Waals surface area contributed by atoms with Crippen LogP contribution in [0.3, 0.4) is 0 Å². The van der Waals surface area contributed by atoms with Gasteiger partial charge in [0.15, 0.2) is 11.2 Å². The van der Waals surface area contributed by atoms with E-state index in [0.29, 0.717) is 6.61 Å². The number of alkyl halides is 3. The number of aryl methyl sites for hydroxylation is 1. The van der Waals surface area contributed by atoms with Gasteiger partial charge in [-0.25, -0.2) is 10.3 Å². The molecule has 1 atom stereocenters. The van der Waals surface area contributed by atoms with Gasteiger partial charge >= 0.3 is 12.2 Å². The third kappa shape index (κ3) is 3.78. The van der Waals surface area contributed by atoms with Gasteiger partial charge < -0.3 is 14.2 Å². The minimum absolute atomic E-state index is 0.0979. The van der Waals surface area contributed by atoms with Gasteiger partial charge in [-0.05, 0) is 20.3 Å². The Labute approximate surface area is 136 Å². The summed E-state index contributed by atoms with van der Waals surface area (Å²) in [6.07, 6.45) is -4.98. The van der Waals surface area contributed by atoms with Crippen LogP contribution in [-0.2, 0) is 15.0 Å². The lowest BCUT2D eigenvalue weighted by atomic mass is 9.86. The molecule has 24 heavy (non-hydrogen) atoms. The number of ether oxygens (including phenoxy) is 1. The Hall–Kier alpha value is -1.88. The highest BCUT2D eigenvalue weighted by atomic mass is 19.4. The molecule has 2 amide bonds. The number of carbonyl (C=O) groups excluding carboxylic acids is 1. The summed E-state index contributed by atoms with van der Waals surface area (Å²) in [6.45, 7) is 3.38. The molecule has 11 heteroatoms. The molecule has 1 aliphatic heterocycles. The van der Waals surface area contributed by atoms with Gasteiger partial charge in [0, 0.05) is 19.7 Å². The molecule has 0 aromatic carbocycles. The Bertz CT molecular complexity index is 566. The molecule has 0 radical (unpaired) electrons. The van der Waals surface area contributed by atoms with E-state index in [9.17, 15) is 18.0 Å². The summed E-state index contributed by atoms with van der Waals surface area (Å²) in [4.78, 5) is 21.5. The van der Waals surface area contributed by atoms with Gasteiger partial charge in [0.25, 0.3) is 0 Å². The van der Waals surface area contributed by atoms with Gasteiger partial charge in [0.05, 0.1) is 13.2 Å². The van der Waals surface area contributed by atoms with Crippen LogP contribution < -0.4 is 5.48 Å². The summed E-state index contributed by atoms with van der Waals surface area (Å²) in [5.74, 6) is -0.421. The number of nitrogens with one attached hydrogen (secondary N) is 1. The smallest absolute Gasteiger partial charge is 0.379 e. The lowest BCUT2D eigenvalue weighted by Gasteiger charge is -2.27. The van der Waals surface area contributed by atoms with E-state index >= 15 is 0 Å². The zero-order chi connectivity index (χ0) is 17.8. The number of hydrogen-bond donors (Lipinski definition) is 1. The second-order valence-corrected chi connectivity index (χ2v) is 5.35. The van der Waals surface area contributed by atoms with Crippen molar-refractivity contribution in [2.24, 2.45) is 0 Å². The van der Waals surface area contributed by atoms with Gasteiger partial charge in [-0.15, -0.1) is 0 Å². The maximum atomic E-state index is 13.6. The molecule has 1 aromatic rings. The third-order valence-corrected chi connectivity index (χ3v) is 3.73. The number of likely N-dealkylation sites (tertiary alicyclic amines) is 1. The molecule has 0 saturated carbocycles. The number of carbonyl (C=O) groups is 1. The molecule has 2 rings (SSSR count). The van der Waals surface area contributed by atoms with E-state index in [2.05, 4.69) is 15.6 Å². The molecule has 0 spiro atoms. The summed E-state index contributed by atoms with van der Waals surface area (Å²) >= 11 is 0. The Morgan fingerprint density at radius 1 is 1.46 bits per heavy atom. The number of halogens is 3. The first-order chi connectivity index (χ1) is 11.3. The van der Waals surface area contributed by atoms with Gasteiger partial charge in [-0.1, -0.05) is 5.16 Å². The van der Waals surface area contributed by atoms with Crippen molar-refractivity contribution in [3.63, 3.8) is 0 Å². The van der Waals surface area contributed by atoms with E-state index in [1.54, 1.807) is 6.92 Å². The standard InChI is InChI=1S/C13H19F3N4O4/c1-3-22-6-7-23-19-11(21)20-5-4-12(8-20,13(14,15)16)10-17-9(2)18-24-10/h3-8H2,1-2H3,(H,19,21). The summed E-state index contributed by atoms with van der Waals surface area (Å²) in [5, 5.41) is 3.42. The van der Waals surface area contributed by atoms with Crippen molar-refractivity contribution in [3.8, 4) is 0 Å². The van der Waals surface area contributed by atoms with E-state index in [1.807, 2.05) is 0 Å². The van der Waals surface area contributed by atoms with Gasteiger partial charge in [-0.2, -0.15) is 18.2 Å². The fraction of sp³-hybridized carbons (Fsp3) is 0.769. The van der Waals surface area contributed by atoms with E-state index in [1.165, 1.54) is 6.92 Å². The monoisotopic (exact) mass is 352 g/mol. The van der Waals surface area contributed by atoms with Gasteiger partial charge in [0.1, 0.15) is 0 Å². The normalized spacial score (nSPS) is 21.3. The molecule has 1 N–H and O–H groups in total. The lowest BCUT2D eigenvalue weighted by Crippen LogP contribution is -2.47. The van der Waals surface area contributed by atoms with E-state index in [4.69, 9.17) is 14.1 Å². The van der Waals surface area contributed by atoms with Crippen molar-refractivity contribution in [2.75, 3.05) is 32.9 Å².